The first-order valence-electron chi connectivity index (χ1n) is 5.00. The topological polar surface area (TPSA) is 64.6 Å². The van der Waals surface area contributed by atoms with Crippen molar-refractivity contribution in [2.45, 2.75) is 26.8 Å². The lowest BCUT2D eigenvalue weighted by molar-refractivity contribution is -0.148. The minimum atomic E-state index is -0.410. The Morgan fingerprint density at radius 2 is 1.87 bits per heavy atom. The van der Waals surface area contributed by atoms with E-state index in [0.29, 0.717) is 13.2 Å². The molecule has 0 heterocycles. The fourth-order valence-electron chi connectivity index (χ4n) is 0.982. The highest BCUT2D eigenvalue weighted by molar-refractivity contribution is 5.75. The number of nitrogens with one attached hydrogen (secondary N) is 1. The van der Waals surface area contributed by atoms with Gasteiger partial charge in [-0.1, -0.05) is 6.92 Å². The van der Waals surface area contributed by atoms with Gasteiger partial charge in [-0.25, -0.2) is 0 Å². The third kappa shape index (κ3) is 5.37. The molecular weight excluding hydrogens is 198 g/mol. The number of carbonyl (C=O) groups is 2. The second kappa shape index (κ2) is 7.23. The molecule has 0 aromatic carbocycles. The van der Waals surface area contributed by atoms with Gasteiger partial charge in [-0.2, -0.15) is 0 Å². The van der Waals surface area contributed by atoms with Crippen LogP contribution in [-0.2, 0) is 19.1 Å². The Bertz CT molecular complexity index is 217. The first-order valence-corrected chi connectivity index (χ1v) is 5.00. The molecule has 15 heavy (non-hydrogen) atoms. The van der Waals surface area contributed by atoms with Crippen molar-refractivity contribution in [3.63, 3.8) is 0 Å². The summed E-state index contributed by atoms with van der Waals surface area (Å²) in [5.74, 6) is -0.870. The molecule has 0 fully saturated rings. The molecule has 0 aliphatic heterocycles. The average Bonchev–Trinajstić information content (AvgIpc) is 2.24. The normalized spacial score (nSPS) is 14.1. The van der Waals surface area contributed by atoms with Crippen molar-refractivity contribution in [2.75, 3.05) is 20.3 Å². The number of rotatable bonds is 6. The van der Waals surface area contributed by atoms with Crippen LogP contribution in [0.4, 0.5) is 0 Å². The number of carbonyl (C=O) groups excluding carboxylic acids is 2. The summed E-state index contributed by atoms with van der Waals surface area (Å²) in [5, 5.41) is 2.90. The molecule has 0 aliphatic carbocycles. The quantitative estimate of drug-likeness (QED) is 0.650. The van der Waals surface area contributed by atoms with Gasteiger partial charge in [0.25, 0.3) is 0 Å². The first-order chi connectivity index (χ1) is 7.02. The Labute approximate surface area is 90.1 Å². The maximum Gasteiger partial charge on any atom is 0.322 e. The molecule has 0 aromatic rings. The van der Waals surface area contributed by atoms with Crippen LogP contribution in [0.15, 0.2) is 0 Å². The number of methoxy groups -OCH3 is 1. The zero-order valence-electron chi connectivity index (χ0n) is 9.70. The molecule has 2 unspecified atom stereocenters. The van der Waals surface area contributed by atoms with E-state index in [1.165, 1.54) is 7.11 Å². The molecule has 2 atom stereocenters. The fourth-order valence-corrected chi connectivity index (χ4v) is 0.982. The number of hydrogen-bond acceptors (Lipinski definition) is 5. The summed E-state index contributed by atoms with van der Waals surface area (Å²) in [4.78, 5) is 22.2. The Morgan fingerprint density at radius 1 is 1.27 bits per heavy atom. The summed E-state index contributed by atoms with van der Waals surface area (Å²) in [6.07, 6.45) is 0. The Balaban J connectivity index is 3.84. The smallest absolute Gasteiger partial charge is 0.322 e. The Hall–Kier alpha value is -1.10. The summed E-state index contributed by atoms with van der Waals surface area (Å²) in [6.45, 7) is 5.96. The molecule has 0 saturated carbocycles. The molecule has 0 aliphatic rings. The lowest BCUT2D eigenvalue weighted by atomic mass is 10.2. The van der Waals surface area contributed by atoms with Crippen LogP contribution < -0.4 is 5.32 Å². The highest BCUT2D eigenvalue weighted by atomic mass is 16.5. The van der Waals surface area contributed by atoms with E-state index in [2.05, 4.69) is 10.1 Å². The van der Waals surface area contributed by atoms with Gasteiger partial charge in [0.15, 0.2) is 0 Å². The zero-order chi connectivity index (χ0) is 11.8. The molecule has 0 aromatic heterocycles. The SMILES string of the molecule is CCOC(=O)C(C)CNC(C)C(=O)OC. The van der Waals surface area contributed by atoms with Gasteiger partial charge in [0.1, 0.15) is 6.04 Å². The lowest BCUT2D eigenvalue weighted by Gasteiger charge is -2.15. The van der Waals surface area contributed by atoms with Crippen molar-refractivity contribution in [1.29, 1.82) is 0 Å². The summed E-state index contributed by atoms with van der Waals surface area (Å²) >= 11 is 0. The molecule has 0 saturated heterocycles. The van der Waals surface area contributed by atoms with Gasteiger partial charge in [-0.05, 0) is 13.8 Å². The van der Waals surface area contributed by atoms with E-state index in [0.717, 1.165) is 0 Å². The van der Waals surface area contributed by atoms with Crippen LogP contribution >= 0.6 is 0 Å². The molecule has 5 heteroatoms. The second-order valence-electron chi connectivity index (χ2n) is 3.31. The predicted molar refractivity (Wildman–Crippen MR) is 55.3 cm³/mol. The standard InChI is InChI=1S/C10H19NO4/c1-5-15-9(12)7(2)6-11-8(3)10(13)14-4/h7-8,11H,5-6H2,1-4H3. The summed E-state index contributed by atoms with van der Waals surface area (Å²) < 4.78 is 9.36. The van der Waals surface area contributed by atoms with Crippen molar-refractivity contribution in [1.82, 2.24) is 5.32 Å². The third-order valence-electron chi connectivity index (χ3n) is 1.97. The van der Waals surface area contributed by atoms with Crippen molar-refractivity contribution >= 4 is 11.9 Å². The van der Waals surface area contributed by atoms with E-state index < -0.39 is 6.04 Å². The lowest BCUT2D eigenvalue weighted by Crippen LogP contribution is -2.39. The van der Waals surface area contributed by atoms with Gasteiger partial charge >= 0.3 is 11.9 Å². The minimum absolute atomic E-state index is 0.262. The molecule has 0 radical (unpaired) electrons. The highest BCUT2D eigenvalue weighted by Crippen LogP contribution is 1.98. The van der Waals surface area contributed by atoms with Crippen molar-refractivity contribution in [3.05, 3.63) is 0 Å². The monoisotopic (exact) mass is 217 g/mol. The molecule has 0 rings (SSSR count). The van der Waals surface area contributed by atoms with Gasteiger partial charge in [-0.3, -0.25) is 9.59 Å². The first kappa shape index (κ1) is 13.9. The highest BCUT2D eigenvalue weighted by Gasteiger charge is 2.17. The van der Waals surface area contributed by atoms with Crippen LogP contribution in [-0.4, -0.2) is 38.2 Å². The van der Waals surface area contributed by atoms with Crippen LogP contribution in [0.1, 0.15) is 20.8 Å². The molecular formula is C10H19NO4. The summed E-state index contributed by atoms with van der Waals surface area (Å²) in [5.41, 5.74) is 0. The van der Waals surface area contributed by atoms with Gasteiger partial charge in [0.05, 0.1) is 19.6 Å². The minimum Gasteiger partial charge on any atom is -0.468 e. The molecule has 0 amide bonds. The molecule has 1 N–H and O–H groups in total. The van der Waals surface area contributed by atoms with Crippen molar-refractivity contribution in [3.8, 4) is 0 Å². The van der Waals surface area contributed by atoms with E-state index in [9.17, 15) is 9.59 Å². The largest absolute Gasteiger partial charge is 0.468 e. The zero-order valence-corrected chi connectivity index (χ0v) is 9.70. The second-order valence-corrected chi connectivity index (χ2v) is 3.31. The Kier molecular flexibility index (Phi) is 6.70. The average molecular weight is 217 g/mol. The summed E-state index contributed by atoms with van der Waals surface area (Å²) in [7, 11) is 1.33. The van der Waals surface area contributed by atoms with Gasteiger partial charge < -0.3 is 14.8 Å². The maximum absolute atomic E-state index is 11.2. The number of esters is 2. The molecule has 0 spiro atoms. The molecule has 5 nitrogen and oxygen atoms in total. The maximum atomic E-state index is 11.2. The van der Waals surface area contributed by atoms with Gasteiger partial charge in [0.2, 0.25) is 0 Å². The fraction of sp³-hybridized carbons (Fsp3) is 0.800. The molecule has 88 valence electrons. The third-order valence-corrected chi connectivity index (χ3v) is 1.97. The van der Waals surface area contributed by atoms with Crippen LogP contribution in [0.25, 0.3) is 0 Å². The number of ether oxygens (including phenoxy) is 2. The van der Waals surface area contributed by atoms with Crippen LogP contribution in [0.2, 0.25) is 0 Å². The van der Waals surface area contributed by atoms with Gasteiger partial charge in [-0.15, -0.1) is 0 Å². The van der Waals surface area contributed by atoms with Crippen LogP contribution in [0.3, 0.4) is 0 Å². The van der Waals surface area contributed by atoms with E-state index in [-0.39, 0.29) is 17.9 Å². The van der Waals surface area contributed by atoms with E-state index >= 15 is 0 Å². The number of hydrogen-bond donors (Lipinski definition) is 1. The van der Waals surface area contributed by atoms with E-state index in [1.807, 2.05) is 0 Å². The van der Waals surface area contributed by atoms with Gasteiger partial charge in [0, 0.05) is 6.54 Å². The van der Waals surface area contributed by atoms with E-state index in [1.54, 1.807) is 20.8 Å². The Morgan fingerprint density at radius 3 is 2.33 bits per heavy atom. The summed E-state index contributed by atoms with van der Waals surface area (Å²) in [6, 6.07) is -0.410. The molecule has 0 bridgehead atoms. The van der Waals surface area contributed by atoms with Crippen molar-refractivity contribution < 1.29 is 19.1 Å². The van der Waals surface area contributed by atoms with Crippen molar-refractivity contribution in [2.24, 2.45) is 5.92 Å². The van der Waals surface area contributed by atoms with Crippen LogP contribution in [0.5, 0.6) is 0 Å². The van der Waals surface area contributed by atoms with E-state index in [4.69, 9.17) is 4.74 Å². The predicted octanol–water partition coefficient (Wildman–Crippen LogP) is 0.337. The van der Waals surface area contributed by atoms with Crippen LogP contribution in [0, 0.1) is 5.92 Å².